The second-order valence-corrected chi connectivity index (χ2v) is 5.32. The van der Waals surface area contributed by atoms with Crippen LogP contribution in [0, 0.1) is 5.92 Å². The lowest BCUT2D eigenvalue weighted by Gasteiger charge is -2.10. The molecule has 0 aliphatic rings. The van der Waals surface area contributed by atoms with Crippen LogP contribution in [0.15, 0.2) is 18.2 Å². The number of carbonyl (C=O) groups is 2. The molecule has 0 aliphatic heterocycles. The van der Waals surface area contributed by atoms with Gasteiger partial charge < -0.3 is 20.1 Å². The molecular formula is C16H24N2O4. The highest BCUT2D eigenvalue weighted by Crippen LogP contribution is 2.22. The normalized spacial score (nSPS) is 10.2. The van der Waals surface area contributed by atoms with E-state index >= 15 is 0 Å². The third kappa shape index (κ3) is 6.03. The van der Waals surface area contributed by atoms with Crippen LogP contribution in [-0.2, 0) is 4.79 Å². The Labute approximate surface area is 131 Å². The smallest absolute Gasteiger partial charge is 0.251 e. The molecule has 0 unspecified atom stereocenters. The fourth-order valence-corrected chi connectivity index (χ4v) is 1.76. The number of carbonyl (C=O) groups excluding carboxylic acids is 2. The minimum absolute atomic E-state index is 0.0591. The Morgan fingerprint density at radius 2 is 1.64 bits per heavy atom. The second kappa shape index (κ2) is 8.92. The maximum absolute atomic E-state index is 12.1. The Hall–Kier alpha value is -2.24. The summed E-state index contributed by atoms with van der Waals surface area (Å²) in [6, 6.07) is 4.86. The molecule has 0 heterocycles. The largest absolute Gasteiger partial charge is 0.497 e. The van der Waals surface area contributed by atoms with Crippen LogP contribution in [0.1, 0.15) is 30.6 Å². The lowest BCUT2D eigenvalue weighted by atomic mass is 10.1. The molecule has 1 rings (SSSR count). The van der Waals surface area contributed by atoms with Gasteiger partial charge in [-0.15, -0.1) is 0 Å². The van der Waals surface area contributed by atoms with Crippen LogP contribution in [0.2, 0.25) is 0 Å². The van der Waals surface area contributed by atoms with Crippen LogP contribution in [0.5, 0.6) is 11.5 Å². The molecule has 0 aromatic heterocycles. The van der Waals surface area contributed by atoms with Gasteiger partial charge in [0.2, 0.25) is 5.91 Å². The van der Waals surface area contributed by atoms with Crippen LogP contribution in [0.25, 0.3) is 0 Å². The standard InChI is InChI=1S/C16H24N2O4/c1-11(2)5-6-17-15(19)10-18-16(20)12-7-13(21-3)9-14(8-12)22-4/h7-9,11H,5-6,10H2,1-4H3,(H,17,19)(H,18,20). The predicted octanol–water partition coefficient (Wildman–Crippen LogP) is 1.60. The maximum atomic E-state index is 12.1. The van der Waals surface area contributed by atoms with Crippen molar-refractivity contribution in [3.05, 3.63) is 23.8 Å². The van der Waals surface area contributed by atoms with E-state index in [2.05, 4.69) is 24.5 Å². The molecule has 22 heavy (non-hydrogen) atoms. The van der Waals surface area contributed by atoms with E-state index in [4.69, 9.17) is 9.47 Å². The summed E-state index contributed by atoms with van der Waals surface area (Å²) in [5, 5.41) is 5.34. The summed E-state index contributed by atoms with van der Waals surface area (Å²) in [5.74, 6) is 1.01. The van der Waals surface area contributed by atoms with Crippen molar-refractivity contribution >= 4 is 11.8 Å². The third-order valence-corrected chi connectivity index (χ3v) is 3.07. The second-order valence-electron chi connectivity index (χ2n) is 5.32. The van der Waals surface area contributed by atoms with E-state index in [0.29, 0.717) is 29.5 Å². The minimum atomic E-state index is -0.351. The van der Waals surface area contributed by atoms with E-state index in [-0.39, 0.29) is 18.4 Å². The third-order valence-electron chi connectivity index (χ3n) is 3.07. The summed E-state index contributed by atoms with van der Waals surface area (Å²) in [6.07, 6.45) is 0.909. The Morgan fingerprint density at radius 1 is 1.05 bits per heavy atom. The van der Waals surface area contributed by atoms with Crippen molar-refractivity contribution in [2.75, 3.05) is 27.3 Å². The van der Waals surface area contributed by atoms with E-state index < -0.39 is 0 Å². The van der Waals surface area contributed by atoms with Crippen molar-refractivity contribution in [2.45, 2.75) is 20.3 Å². The Morgan fingerprint density at radius 3 is 2.14 bits per heavy atom. The first-order valence-corrected chi connectivity index (χ1v) is 7.24. The monoisotopic (exact) mass is 308 g/mol. The number of rotatable bonds is 8. The molecule has 1 aromatic rings. The van der Waals surface area contributed by atoms with Gasteiger partial charge in [-0.1, -0.05) is 13.8 Å². The highest BCUT2D eigenvalue weighted by Gasteiger charge is 2.11. The summed E-state index contributed by atoms with van der Waals surface area (Å²) in [5.41, 5.74) is 0.381. The zero-order valence-electron chi connectivity index (χ0n) is 13.6. The van der Waals surface area contributed by atoms with Crippen LogP contribution in [-0.4, -0.2) is 39.1 Å². The molecule has 0 radical (unpaired) electrons. The van der Waals surface area contributed by atoms with Gasteiger partial charge in [0.25, 0.3) is 5.91 Å². The van der Waals surface area contributed by atoms with Crippen molar-refractivity contribution in [1.29, 1.82) is 0 Å². The molecule has 0 atom stereocenters. The highest BCUT2D eigenvalue weighted by molar-refractivity contribution is 5.97. The fraction of sp³-hybridized carbons (Fsp3) is 0.500. The van der Waals surface area contributed by atoms with E-state index in [0.717, 1.165) is 6.42 Å². The number of amides is 2. The van der Waals surface area contributed by atoms with Crippen LogP contribution in [0.3, 0.4) is 0 Å². The molecule has 2 amide bonds. The first-order valence-electron chi connectivity index (χ1n) is 7.24. The first-order chi connectivity index (χ1) is 10.5. The van der Waals surface area contributed by atoms with E-state index in [1.807, 2.05) is 0 Å². The maximum Gasteiger partial charge on any atom is 0.251 e. The SMILES string of the molecule is COc1cc(OC)cc(C(=O)NCC(=O)NCCC(C)C)c1. The molecule has 0 saturated carbocycles. The molecule has 122 valence electrons. The van der Waals surface area contributed by atoms with Crippen LogP contribution >= 0.6 is 0 Å². The average molecular weight is 308 g/mol. The van der Waals surface area contributed by atoms with Gasteiger partial charge in [0.15, 0.2) is 0 Å². The Bertz CT molecular complexity index is 493. The number of ether oxygens (including phenoxy) is 2. The molecule has 6 nitrogen and oxygen atoms in total. The molecule has 2 N–H and O–H groups in total. The zero-order chi connectivity index (χ0) is 16.5. The quantitative estimate of drug-likeness (QED) is 0.765. The van der Waals surface area contributed by atoms with Crippen molar-refractivity contribution in [3.8, 4) is 11.5 Å². The predicted molar refractivity (Wildman–Crippen MR) is 84.3 cm³/mol. The minimum Gasteiger partial charge on any atom is -0.497 e. The lowest BCUT2D eigenvalue weighted by Crippen LogP contribution is -2.37. The van der Waals surface area contributed by atoms with Gasteiger partial charge in [-0.3, -0.25) is 9.59 Å². The topological polar surface area (TPSA) is 76.7 Å². The summed E-state index contributed by atoms with van der Waals surface area (Å²) >= 11 is 0. The van der Waals surface area contributed by atoms with E-state index in [1.54, 1.807) is 18.2 Å². The van der Waals surface area contributed by atoms with Gasteiger partial charge >= 0.3 is 0 Å². The lowest BCUT2D eigenvalue weighted by molar-refractivity contribution is -0.120. The highest BCUT2D eigenvalue weighted by atomic mass is 16.5. The van der Waals surface area contributed by atoms with Gasteiger partial charge in [0.1, 0.15) is 11.5 Å². The van der Waals surface area contributed by atoms with Gasteiger partial charge in [0.05, 0.1) is 20.8 Å². The van der Waals surface area contributed by atoms with E-state index in [9.17, 15) is 9.59 Å². The summed E-state index contributed by atoms with van der Waals surface area (Å²) in [4.78, 5) is 23.7. The molecule has 0 saturated heterocycles. The summed E-state index contributed by atoms with van der Waals surface area (Å²) < 4.78 is 10.2. The Balaban J connectivity index is 2.53. The number of benzene rings is 1. The number of nitrogens with one attached hydrogen (secondary N) is 2. The molecular weight excluding hydrogens is 284 g/mol. The summed E-state index contributed by atoms with van der Waals surface area (Å²) in [7, 11) is 3.03. The van der Waals surface area contributed by atoms with Crippen molar-refractivity contribution < 1.29 is 19.1 Å². The molecule has 6 heteroatoms. The molecule has 0 fully saturated rings. The average Bonchev–Trinajstić information content (AvgIpc) is 2.51. The van der Waals surface area contributed by atoms with Gasteiger partial charge in [-0.05, 0) is 24.5 Å². The summed E-state index contributed by atoms with van der Waals surface area (Å²) in [6.45, 7) is 4.73. The van der Waals surface area contributed by atoms with Gasteiger partial charge in [-0.25, -0.2) is 0 Å². The zero-order valence-corrected chi connectivity index (χ0v) is 13.6. The van der Waals surface area contributed by atoms with Crippen molar-refractivity contribution in [3.63, 3.8) is 0 Å². The van der Waals surface area contributed by atoms with E-state index in [1.165, 1.54) is 14.2 Å². The first kappa shape index (κ1) is 17.8. The number of hydrogen-bond donors (Lipinski definition) is 2. The van der Waals surface area contributed by atoms with Gasteiger partial charge in [0, 0.05) is 18.2 Å². The molecule has 0 aliphatic carbocycles. The fourth-order valence-electron chi connectivity index (χ4n) is 1.76. The molecule has 0 bridgehead atoms. The van der Waals surface area contributed by atoms with Crippen molar-refractivity contribution in [2.24, 2.45) is 5.92 Å². The van der Waals surface area contributed by atoms with Crippen LogP contribution in [0.4, 0.5) is 0 Å². The number of hydrogen-bond acceptors (Lipinski definition) is 4. The molecule has 1 aromatic carbocycles. The van der Waals surface area contributed by atoms with Crippen LogP contribution < -0.4 is 20.1 Å². The molecule has 0 spiro atoms. The number of methoxy groups -OCH3 is 2. The Kier molecular flexibility index (Phi) is 7.22. The van der Waals surface area contributed by atoms with Crippen molar-refractivity contribution in [1.82, 2.24) is 10.6 Å². The van der Waals surface area contributed by atoms with Gasteiger partial charge in [-0.2, -0.15) is 0 Å².